The molecule has 0 aliphatic heterocycles. The smallest absolute Gasteiger partial charge is 0.337 e. The monoisotopic (exact) mass is 360 g/mol. The lowest BCUT2D eigenvalue weighted by Crippen LogP contribution is -2.07. The minimum absolute atomic E-state index is 0.303. The van der Waals surface area contributed by atoms with E-state index in [0.717, 1.165) is 36.1 Å². The lowest BCUT2D eigenvalue weighted by atomic mass is 9.99. The molecule has 0 fully saturated rings. The van der Waals surface area contributed by atoms with Crippen LogP contribution in [0.25, 0.3) is 0 Å². The molecule has 27 heavy (non-hydrogen) atoms. The first-order valence-corrected chi connectivity index (χ1v) is 9.13. The zero-order valence-corrected chi connectivity index (χ0v) is 15.7. The number of aryl methyl sites for hydroxylation is 3. The number of hydrogen-bond acceptors (Lipinski definition) is 3. The summed E-state index contributed by atoms with van der Waals surface area (Å²) in [4.78, 5) is 15.8. The van der Waals surface area contributed by atoms with Gasteiger partial charge in [0.05, 0.1) is 11.3 Å². The van der Waals surface area contributed by atoms with E-state index in [4.69, 9.17) is 0 Å². The highest BCUT2D eigenvalue weighted by atomic mass is 16.4. The summed E-state index contributed by atoms with van der Waals surface area (Å²) in [6.07, 6.45) is 6.27. The first kappa shape index (κ1) is 18.6. The van der Waals surface area contributed by atoms with Gasteiger partial charge in [-0.2, -0.15) is 0 Å². The van der Waals surface area contributed by atoms with Crippen molar-refractivity contribution >= 4 is 17.3 Å². The SMILES string of the molecule is Cc1cccc(Nc2c(CCCc3ccncc3)cccc2C(=O)O)c1C. The van der Waals surface area contributed by atoms with Crippen LogP contribution in [0, 0.1) is 13.8 Å². The molecule has 2 aromatic carbocycles. The highest BCUT2D eigenvalue weighted by molar-refractivity contribution is 5.96. The average Bonchev–Trinajstić information content (AvgIpc) is 2.67. The number of carboxylic acid groups (broad SMARTS) is 1. The molecule has 1 aromatic heterocycles. The first-order chi connectivity index (χ1) is 13.1. The van der Waals surface area contributed by atoms with Gasteiger partial charge in [-0.05, 0) is 79.6 Å². The zero-order valence-electron chi connectivity index (χ0n) is 15.7. The van der Waals surface area contributed by atoms with Crippen LogP contribution in [0.2, 0.25) is 0 Å². The molecule has 0 radical (unpaired) electrons. The van der Waals surface area contributed by atoms with Gasteiger partial charge in [-0.15, -0.1) is 0 Å². The number of carbonyl (C=O) groups is 1. The summed E-state index contributed by atoms with van der Waals surface area (Å²) in [5.74, 6) is -0.918. The molecule has 3 aromatic rings. The Morgan fingerprint density at radius 2 is 1.74 bits per heavy atom. The molecular weight excluding hydrogens is 336 g/mol. The number of benzene rings is 2. The predicted octanol–water partition coefficient (Wildman–Crippen LogP) is 5.32. The Kier molecular flexibility index (Phi) is 5.87. The largest absolute Gasteiger partial charge is 0.478 e. The average molecular weight is 360 g/mol. The van der Waals surface area contributed by atoms with Gasteiger partial charge in [0.15, 0.2) is 0 Å². The number of para-hydroxylation sites is 1. The number of anilines is 2. The molecule has 0 saturated carbocycles. The Morgan fingerprint density at radius 1 is 1.00 bits per heavy atom. The maximum absolute atomic E-state index is 11.8. The number of hydrogen-bond donors (Lipinski definition) is 2. The molecule has 3 rings (SSSR count). The summed E-state index contributed by atoms with van der Waals surface area (Å²) in [5.41, 5.74) is 6.49. The zero-order chi connectivity index (χ0) is 19.2. The van der Waals surface area contributed by atoms with Crippen LogP contribution in [-0.2, 0) is 12.8 Å². The summed E-state index contributed by atoms with van der Waals surface area (Å²) >= 11 is 0. The molecular formula is C23H24N2O2. The fourth-order valence-corrected chi connectivity index (χ4v) is 3.19. The number of nitrogens with one attached hydrogen (secondary N) is 1. The Morgan fingerprint density at radius 3 is 2.48 bits per heavy atom. The number of rotatable bonds is 7. The standard InChI is InChI=1S/C23H24N2O2/c1-16-6-3-11-21(17(16)2)25-22-19(9-5-10-20(22)23(26)27)8-4-7-18-12-14-24-15-13-18/h3,5-6,9-15,25H,4,7-8H2,1-2H3,(H,26,27). The van der Waals surface area contributed by atoms with Crippen LogP contribution in [0.1, 0.15) is 39.0 Å². The third-order valence-electron chi connectivity index (χ3n) is 4.91. The van der Waals surface area contributed by atoms with E-state index in [2.05, 4.69) is 23.3 Å². The molecule has 0 unspecified atom stereocenters. The molecule has 0 bridgehead atoms. The van der Waals surface area contributed by atoms with E-state index in [0.29, 0.717) is 11.3 Å². The number of carboxylic acids is 1. The van der Waals surface area contributed by atoms with E-state index >= 15 is 0 Å². The van der Waals surface area contributed by atoms with Crippen molar-refractivity contribution in [1.29, 1.82) is 0 Å². The van der Waals surface area contributed by atoms with Gasteiger partial charge in [0.2, 0.25) is 0 Å². The van der Waals surface area contributed by atoms with Crippen LogP contribution >= 0.6 is 0 Å². The Hall–Kier alpha value is -3.14. The van der Waals surface area contributed by atoms with Gasteiger partial charge in [0, 0.05) is 18.1 Å². The van der Waals surface area contributed by atoms with Crippen LogP contribution < -0.4 is 5.32 Å². The molecule has 0 aliphatic carbocycles. The summed E-state index contributed by atoms with van der Waals surface area (Å²) in [5, 5.41) is 13.0. The predicted molar refractivity (Wildman–Crippen MR) is 109 cm³/mol. The van der Waals surface area contributed by atoms with Gasteiger partial charge in [-0.25, -0.2) is 4.79 Å². The molecule has 2 N–H and O–H groups in total. The molecule has 138 valence electrons. The topological polar surface area (TPSA) is 62.2 Å². The summed E-state index contributed by atoms with van der Waals surface area (Å²) < 4.78 is 0. The molecule has 0 amide bonds. The Labute approximate surface area is 159 Å². The normalized spacial score (nSPS) is 10.6. The summed E-state index contributed by atoms with van der Waals surface area (Å²) in [7, 11) is 0. The van der Waals surface area contributed by atoms with E-state index < -0.39 is 5.97 Å². The third kappa shape index (κ3) is 4.53. The van der Waals surface area contributed by atoms with Gasteiger partial charge < -0.3 is 10.4 Å². The molecule has 4 nitrogen and oxygen atoms in total. The van der Waals surface area contributed by atoms with Crippen molar-refractivity contribution in [2.45, 2.75) is 33.1 Å². The van der Waals surface area contributed by atoms with Crippen LogP contribution in [-0.4, -0.2) is 16.1 Å². The first-order valence-electron chi connectivity index (χ1n) is 9.13. The summed E-state index contributed by atoms with van der Waals surface area (Å²) in [6, 6.07) is 15.5. The van der Waals surface area contributed by atoms with E-state index in [1.165, 1.54) is 11.1 Å². The van der Waals surface area contributed by atoms with E-state index in [-0.39, 0.29) is 0 Å². The Bertz CT molecular complexity index is 936. The minimum atomic E-state index is -0.918. The number of pyridine rings is 1. The molecule has 0 atom stereocenters. The maximum Gasteiger partial charge on any atom is 0.337 e. The van der Waals surface area contributed by atoms with Crippen LogP contribution in [0.4, 0.5) is 11.4 Å². The molecule has 4 heteroatoms. The fraction of sp³-hybridized carbons (Fsp3) is 0.217. The highest BCUT2D eigenvalue weighted by Crippen LogP contribution is 2.29. The second-order valence-corrected chi connectivity index (χ2v) is 6.73. The van der Waals surface area contributed by atoms with E-state index in [9.17, 15) is 9.90 Å². The Balaban J connectivity index is 1.86. The fourth-order valence-electron chi connectivity index (χ4n) is 3.19. The van der Waals surface area contributed by atoms with Crippen molar-refractivity contribution in [2.75, 3.05) is 5.32 Å². The van der Waals surface area contributed by atoms with Crippen molar-refractivity contribution < 1.29 is 9.90 Å². The van der Waals surface area contributed by atoms with Gasteiger partial charge in [-0.3, -0.25) is 4.98 Å². The second-order valence-electron chi connectivity index (χ2n) is 6.73. The van der Waals surface area contributed by atoms with E-state index in [1.54, 1.807) is 18.5 Å². The molecule has 0 saturated heterocycles. The number of nitrogens with zero attached hydrogens (tertiary/aromatic N) is 1. The van der Waals surface area contributed by atoms with Gasteiger partial charge in [0.25, 0.3) is 0 Å². The van der Waals surface area contributed by atoms with Crippen molar-refractivity contribution in [3.05, 3.63) is 88.7 Å². The van der Waals surface area contributed by atoms with E-state index in [1.807, 2.05) is 43.3 Å². The van der Waals surface area contributed by atoms with Crippen LogP contribution in [0.15, 0.2) is 60.9 Å². The third-order valence-corrected chi connectivity index (χ3v) is 4.91. The van der Waals surface area contributed by atoms with Crippen molar-refractivity contribution in [3.63, 3.8) is 0 Å². The van der Waals surface area contributed by atoms with Gasteiger partial charge in [-0.1, -0.05) is 24.3 Å². The second kappa shape index (κ2) is 8.49. The van der Waals surface area contributed by atoms with Crippen molar-refractivity contribution in [2.24, 2.45) is 0 Å². The van der Waals surface area contributed by atoms with Crippen molar-refractivity contribution in [1.82, 2.24) is 4.98 Å². The molecule has 0 spiro atoms. The van der Waals surface area contributed by atoms with Crippen molar-refractivity contribution in [3.8, 4) is 0 Å². The number of aromatic nitrogens is 1. The highest BCUT2D eigenvalue weighted by Gasteiger charge is 2.15. The minimum Gasteiger partial charge on any atom is -0.478 e. The molecule has 0 aliphatic rings. The van der Waals surface area contributed by atoms with Crippen LogP contribution in [0.5, 0.6) is 0 Å². The quantitative estimate of drug-likeness (QED) is 0.599. The maximum atomic E-state index is 11.8. The van der Waals surface area contributed by atoms with Gasteiger partial charge in [0.1, 0.15) is 0 Å². The molecule has 1 heterocycles. The number of aromatic carboxylic acids is 1. The van der Waals surface area contributed by atoms with Gasteiger partial charge >= 0.3 is 5.97 Å². The lowest BCUT2D eigenvalue weighted by molar-refractivity contribution is 0.0698. The lowest BCUT2D eigenvalue weighted by Gasteiger charge is -2.17. The summed E-state index contributed by atoms with van der Waals surface area (Å²) in [6.45, 7) is 4.10. The van der Waals surface area contributed by atoms with Crippen LogP contribution in [0.3, 0.4) is 0 Å².